The van der Waals surface area contributed by atoms with Crippen LogP contribution in [0.25, 0.3) is 0 Å². The average molecular weight is 206 g/mol. The van der Waals surface area contributed by atoms with Crippen molar-refractivity contribution in [3.63, 3.8) is 0 Å². The third kappa shape index (κ3) is 4.07. The number of carbonyl (C=O) groups excluding carboxylic acids is 1. The number of ketones is 1. The predicted molar refractivity (Wildman–Crippen MR) is 59.4 cm³/mol. The first-order chi connectivity index (χ1) is 7.24. The SMILES string of the molecule is CCCC/C=C/C(=O)c1cccc(F)c1. The molecule has 1 aromatic carbocycles. The second kappa shape index (κ2) is 6.12. The van der Waals surface area contributed by atoms with Gasteiger partial charge >= 0.3 is 0 Å². The average Bonchev–Trinajstić information content (AvgIpc) is 2.24. The van der Waals surface area contributed by atoms with Crippen molar-refractivity contribution in [3.05, 3.63) is 47.8 Å². The van der Waals surface area contributed by atoms with E-state index in [1.807, 2.05) is 6.08 Å². The molecular weight excluding hydrogens is 191 g/mol. The summed E-state index contributed by atoms with van der Waals surface area (Å²) in [6.45, 7) is 2.10. The van der Waals surface area contributed by atoms with Crippen LogP contribution < -0.4 is 0 Å². The summed E-state index contributed by atoms with van der Waals surface area (Å²) in [4.78, 5) is 11.5. The number of hydrogen-bond donors (Lipinski definition) is 0. The Labute approximate surface area is 89.6 Å². The number of hydrogen-bond acceptors (Lipinski definition) is 1. The molecule has 0 unspecified atom stereocenters. The summed E-state index contributed by atoms with van der Waals surface area (Å²) in [5, 5.41) is 0. The Morgan fingerprint density at radius 3 is 2.93 bits per heavy atom. The van der Waals surface area contributed by atoms with Gasteiger partial charge in [0.15, 0.2) is 5.78 Å². The van der Waals surface area contributed by atoms with E-state index in [-0.39, 0.29) is 11.6 Å². The van der Waals surface area contributed by atoms with Gasteiger partial charge in [-0.15, -0.1) is 0 Å². The second-order valence-corrected chi connectivity index (χ2v) is 3.42. The predicted octanol–water partition coefficient (Wildman–Crippen LogP) is 3.75. The van der Waals surface area contributed by atoms with E-state index >= 15 is 0 Å². The zero-order valence-electron chi connectivity index (χ0n) is 8.87. The molecule has 0 atom stereocenters. The summed E-state index contributed by atoms with van der Waals surface area (Å²) >= 11 is 0. The van der Waals surface area contributed by atoms with Gasteiger partial charge in [0.1, 0.15) is 5.82 Å². The van der Waals surface area contributed by atoms with Crippen LogP contribution in [0.1, 0.15) is 36.5 Å². The Morgan fingerprint density at radius 1 is 1.47 bits per heavy atom. The highest BCUT2D eigenvalue weighted by atomic mass is 19.1. The summed E-state index contributed by atoms with van der Waals surface area (Å²) < 4.78 is 12.8. The van der Waals surface area contributed by atoms with Crippen LogP contribution in [-0.4, -0.2) is 5.78 Å². The van der Waals surface area contributed by atoms with Gasteiger partial charge in [-0.2, -0.15) is 0 Å². The molecule has 0 N–H and O–H groups in total. The smallest absolute Gasteiger partial charge is 0.185 e. The van der Waals surface area contributed by atoms with Crippen LogP contribution in [0, 0.1) is 5.82 Å². The van der Waals surface area contributed by atoms with Crippen molar-refractivity contribution in [3.8, 4) is 0 Å². The molecule has 0 saturated carbocycles. The molecule has 0 radical (unpaired) electrons. The van der Waals surface area contributed by atoms with Crippen molar-refractivity contribution < 1.29 is 9.18 Å². The fourth-order valence-corrected chi connectivity index (χ4v) is 1.25. The van der Waals surface area contributed by atoms with Crippen molar-refractivity contribution in [2.45, 2.75) is 26.2 Å². The van der Waals surface area contributed by atoms with Crippen molar-refractivity contribution in [1.29, 1.82) is 0 Å². The van der Waals surface area contributed by atoms with Gasteiger partial charge in [-0.25, -0.2) is 4.39 Å². The largest absolute Gasteiger partial charge is 0.289 e. The minimum Gasteiger partial charge on any atom is -0.289 e. The zero-order chi connectivity index (χ0) is 11.1. The van der Waals surface area contributed by atoms with Crippen molar-refractivity contribution in [2.75, 3.05) is 0 Å². The second-order valence-electron chi connectivity index (χ2n) is 3.42. The van der Waals surface area contributed by atoms with Gasteiger partial charge in [0, 0.05) is 5.56 Å². The number of allylic oxidation sites excluding steroid dienone is 2. The number of carbonyl (C=O) groups is 1. The maximum atomic E-state index is 12.8. The minimum absolute atomic E-state index is 0.134. The Balaban J connectivity index is 2.57. The fraction of sp³-hybridized carbons (Fsp3) is 0.308. The van der Waals surface area contributed by atoms with Crippen LogP contribution in [0.5, 0.6) is 0 Å². The van der Waals surface area contributed by atoms with Gasteiger partial charge in [0.05, 0.1) is 0 Å². The maximum Gasteiger partial charge on any atom is 0.185 e. The first-order valence-corrected chi connectivity index (χ1v) is 5.20. The summed E-state index contributed by atoms with van der Waals surface area (Å²) in [6, 6.07) is 5.75. The van der Waals surface area contributed by atoms with E-state index in [0.29, 0.717) is 5.56 Å². The highest BCUT2D eigenvalue weighted by Gasteiger charge is 2.01. The van der Waals surface area contributed by atoms with Gasteiger partial charge < -0.3 is 0 Å². The zero-order valence-corrected chi connectivity index (χ0v) is 8.87. The summed E-state index contributed by atoms with van der Waals surface area (Å²) in [6.07, 6.45) is 6.45. The third-order valence-electron chi connectivity index (χ3n) is 2.10. The lowest BCUT2D eigenvalue weighted by atomic mass is 10.1. The van der Waals surface area contributed by atoms with Gasteiger partial charge in [-0.1, -0.05) is 38.0 Å². The molecule has 15 heavy (non-hydrogen) atoms. The monoisotopic (exact) mass is 206 g/mol. The Morgan fingerprint density at radius 2 is 2.27 bits per heavy atom. The molecule has 0 aliphatic rings. The molecule has 0 heterocycles. The van der Waals surface area contributed by atoms with E-state index in [9.17, 15) is 9.18 Å². The Hall–Kier alpha value is -1.44. The lowest BCUT2D eigenvalue weighted by Gasteiger charge is -1.95. The van der Waals surface area contributed by atoms with Gasteiger partial charge in [-0.3, -0.25) is 4.79 Å². The van der Waals surface area contributed by atoms with Crippen LogP contribution in [0.15, 0.2) is 36.4 Å². The van der Waals surface area contributed by atoms with E-state index in [1.165, 1.54) is 18.2 Å². The molecule has 1 nitrogen and oxygen atoms in total. The van der Waals surface area contributed by atoms with E-state index in [2.05, 4.69) is 6.92 Å². The van der Waals surface area contributed by atoms with Crippen molar-refractivity contribution >= 4 is 5.78 Å². The lowest BCUT2D eigenvalue weighted by molar-refractivity contribution is 0.104. The van der Waals surface area contributed by atoms with E-state index in [0.717, 1.165) is 19.3 Å². The van der Waals surface area contributed by atoms with Crippen LogP contribution >= 0.6 is 0 Å². The number of rotatable bonds is 5. The normalized spacial score (nSPS) is 10.8. The molecule has 0 aliphatic heterocycles. The third-order valence-corrected chi connectivity index (χ3v) is 2.10. The minimum atomic E-state index is -0.372. The van der Waals surface area contributed by atoms with Crippen LogP contribution in [0.4, 0.5) is 4.39 Å². The van der Waals surface area contributed by atoms with Crippen LogP contribution in [0.3, 0.4) is 0 Å². The number of benzene rings is 1. The summed E-state index contributed by atoms with van der Waals surface area (Å²) in [5.41, 5.74) is 0.405. The first kappa shape index (κ1) is 11.6. The molecule has 0 fully saturated rings. The quantitative estimate of drug-likeness (QED) is 0.407. The molecule has 0 aromatic heterocycles. The molecular formula is C13H15FO. The number of halogens is 1. The molecule has 80 valence electrons. The highest BCUT2D eigenvalue weighted by molar-refractivity contribution is 6.04. The first-order valence-electron chi connectivity index (χ1n) is 5.20. The maximum absolute atomic E-state index is 12.8. The van der Waals surface area contributed by atoms with Crippen molar-refractivity contribution in [2.24, 2.45) is 0 Å². The van der Waals surface area contributed by atoms with Crippen LogP contribution in [0.2, 0.25) is 0 Å². The van der Waals surface area contributed by atoms with Crippen LogP contribution in [-0.2, 0) is 0 Å². The van der Waals surface area contributed by atoms with E-state index < -0.39 is 0 Å². The topological polar surface area (TPSA) is 17.1 Å². The summed E-state index contributed by atoms with van der Waals surface area (Å²) in [7, 11) is 0. The molecule has 0 saturated heterocycles. The van der Waals surface area contributed by atoms with Gasteiger partial charge in [-0.05, 0) is 24.6 Å². The Kier molecular flexibility index (Phi) is 4.75. The van der Waals surface area contributed by atoms with Crippen molar-refractivity contribution in [1.82, 2.24) is 0 Å². The lowest BCUT2D eigenvalue weighted by Crippen LogP contribution is -1.94. The molecule has 0 bridgehead atoms. The molecule has 0 amide bonds. The molecule has 1 aromatic rings. The number of unbranched alkanes of at least 4 members (excludes halogenated alkanes) is 2. The summed E-state index contributed by atoms with van der Waals surface area (Å²) in [5.74, 6) is -0.506. The van der Waals surface area contributed by atoms with Gasteiger partial charge in [0.2, 0.25) is 0 Å². The fourth-order valence-electron chi connectivity index (χ4n) is 1.25. The molecule has 0 aliphatic carbocycles. The molecule has 0 spiro atoms. The van der Waals surface area contributed by atoms with E-state index in [1.54, 1.807) is 12.1 Å². The molecule has 2 heteroatoms. The molecule has 1 rings (SSSR count). The highest BCUT2D eigenvalue weighted by Crippen LogP contribution is 2.05. The van der Waals surface area contributed by atoms with Gasteiger partial charge in [0.25, 0.3) is 0 Å². The van der Waals surface area contributed by atoms with E-state index in [4.69, 9.17) is 0 Å². The standard InChI is InChI=1S/C13H15FO/c1-2-3-4-5-9-13(15)11-7-6-8-12(14)10-11/h5-10H,2-4H2,1H3/b9-5+. The Bertz CT molecular complexity index is 355.